The summed E-state index contributed by atoms with van der Waals surface area (Å²) in [5, 5.41) is 2.46. The van der Waals surface area contributed by atoms with Gasteiger partial charge in [0.25, 0.3) is 0 Å². The highest BCUT2D eigenvalue weighted by Gasteiger charge is 2.51. The summed E-state index contributed by atoms with van der Waals surface area (Å²) < 4.78 is 2.41. The van der Waals surface area contributed by atoms with E-state index in [1.54, 1.807) is 0 Å². The molecule has 13 aromatic rings. The van der Waals surface area contributed by atoms with E-state index in [0.29, 0.717) is 0 Å². The average molecular weight is 953 g/mol. The van der Waals surface area contributed by atoms with Gasteiger partial charge in [0, 0.05) is 33.4 Å². The van der Waals surface area contributed by atoms with Gasteiger partial charge in [0.15, 0.2) is 0 Å². The van der Waals surface area contributed by atoms with Crippen LogP contribution in [0.4, 0.5) is 17.1 Å². The highest BCUT2D eigenvalue weighted by atomic mass is 15.1. The molecule has 0 saturated heterocycles. The average Bonchev–Trinajstić information content (AvgIpc) is 4.23. The van der Waals surface area contributed by atoms with Crippen molar-refractivity contribution < 1.29 is 0 Å². The molecule has 1 heterocycles. The summed E-state index contributed by atoms with van der Waals surface area (Å²) in [4.78, 5) is 2.53. The molecule has 0 bridgehead atoms. The number of para-hydroxylation sites is 2. The highest BCUT2D eigenvalue weighted by molar-refractivity contribution is 6.16. The Morgan fingerprint density at radius 2 is 0.747 bits per heavy atom. The van der Waals surface area contributed by atoms with Crippen molar-refractivity contribution in [2.45, 2.75) is 5.41 Å². The fourth-order valence-electron chi connectivity index (χ4n) is 13.0. The highest BCUT2D eigenvalue weighted by Crippen LogP contribution is 2.63. The fraction of sp³-hybridized carbons (Fsp3) is 0.0137. The van der Waals surface area contributed by atoms with E-state index in [4.69, 9.17) is 0 Å². The lowest BCUT2D eigenvalue weighted by atomic mass is 9.70. The summed E-state index contributed by atoms with van der Waals surface area (Å²) in [6.45, 7) is 0. The van der Waals surface area contributed by atoms with Crippen LogP contribution in [0.2, 0.25) is 0 Å². The first-order valence-electron chi connectivity index (χ1n) is 26.0. The SMILES string of the molecule is c1ccc(-c2ccccc2-c2c(-c3ccccc3)cccc2N(c2cccc(-c3cccc4c3c3ccccc3n4-c3ccccc3)c2)c2ccc3c(c2)-c2ccccc2C32c3ccccc3-c3ccccc32)cc1. The number of hydrogen-bond acceptors (Lipinski definition) is 1. The third kappa shape index (κ3) is 6.46. The number of rotatable bonds is 8. The Labute approximate surface area is 437 Å². The molecule has 15 rings (SSSR count). The van der Waals surface area contributed by atoms with E-state index in [9.17, 15) is 0 Å². The van der Waals surface area contributed by atoms with Gasteiger partial charge >= 0.3 is 0 Å². The minimum Gasteiger partial charge on any atom is -0.310 e. The van der Waals surface area contributed by atoms with Crippen molar-refractivity contribution in [3.05, 3.63) is 313 Å². The van der Waals surface area contributed by atoms with Crippen LogP contribution in [-0.4, -0.2) is 4.57 Å². The molecule has 1 spiro atoms. The Morgan fingerprint density at radius 1 is 0.280 bits per heavy atom. The van der Waals surface area contributed by atoms with Gasteiger partial charge in [0.2, 0.25) is 0 Å². The number of fused-ring (bicyclic) bond motifs is 13. The van der Waals surface area contributed by atoms with Crippen molar-refractivity contribution in [2.24, 2.45) is 0 Å². The molecule has 0 atom stereocenters. The van der Waals surface area contributed by atoms with E-state index in [0.717, 1.165) is 39.4 Å². The predicted octanol–water partition coefficient (Wildman–Crippen LogP) is 19.3. The van der Waals surface area contributed by atoms with Crippen LogP contribution in [0.3, 0.4) is 0 Å². The maximum Gasteiger partial charge on any atom is 0.0725 e. The molecule has 2 heteroatoms. The van der Waals surface area contributed by atoms with Crippen LogP contribution in [-0.2, 0) is 5.41 Å². The van der Waals surface area contributed by atoms with Crippen LogP contribution in [0.5, 0.6) is 0 Å². The first-order chi connectivity index (χ1) is 37.3. The topological polar surface area (TPSA) is 8.17 Å². The molecule has 0 aliphatic heterocycles. The van der Waals surface area contributed by atoms with Gasteiger partial charge in [0.1, 0.15) is 0 Å². The van der Waals surface area contributed by atoms with E-state index in [1.165, 1.54) is 94.1 Å². The Bertz CT molecular complexity index is 4310. The molecule has 0 saturated carbocycles. The number of nitrogens with zero attached hydrogens (tertiary/aromatic N) is 2. The number of hydrogen-bond donors (Lipinski definition) is 0. The second kappa shape index (κ2) is 17.2. The normalized spacial score (nSPS) is 12.6. The Kier molecular flexibility index (Phi) is 9.83. The van der Waals surface area contributed by atoms with Crippen LogP contribution in [0.1, 0.15) is 22.3 Å². The van der Waals surface area contributed by atoms with E-state index in [2.05, 4.69) is 301 Å². The van der Waals surface area contributed by atoms with Gasteiger partial charge in [-0.2, -0.15) is 0 Å². The second-order valence-corrected chi connectivity index (χ2v) is 19.9. The Hall–Kier alpha value is -9.76. The summed E-state index contributed by atoms with van der Waals surface area (Å²) in [5.41, 5.74) is 26.1. The Balaban J connectivity index is 1.01. The minimum atomic E-state index is -0.451. The van der Waals surface area contributed by atoms with Crippen molar-refractivity contribution >= 4 is 38.9 Å². The molecule has 1 aromatic heterocycles. The number of benzene rings is 12. The lowest BCUT2D eigenvalue weighted by Gasteiger charge is -2.32. The second-order valence-electron chi connectivity index (χ2n) is 19.9. The van der Waals surface area contributed by atoms with Crippen LogP contribution in [0, 0.1) is 0 Å². The smallest absolute Gasteiger partial charge is 0.0725 e. The lowest BCUT2D eigenvalue weighted by molar-refractivity contribution is 0.794. The summed E-state index contributed by atoms with van der Waals surface area (Å²) in [6.07, 6.45) is 0. The zero-order chi connectivity index (χ0) is 49.5. The number of aromatic nitrogens is 1. The molecule has 0 N–H and O–H groups in total. The maximum absolute atomic E-state index is 2.53. The standard InChI is InChI=1S/C73H48N2/c1-4-23-49(24-5-1)55-31-10-11-35-61(55)71-56(50-25-6-2-7-26-50)37-21-43-69(71)74(53-30-20-27-51(47-53)57-38-22-44-70-72(57)62-36-15-19-42-68(62)75(70)52-28-8-3-9-29-52)54-45-46-67-63(48-54)60-34-14-18-41-66(60)73(67)64-39-16-12-32-58(64)59-33-13-17-40-65(59)73/h1-48H. The molecular weight excluding hydrogens is 905 g/mol. The van der Waals surface area contributed by atoms with Crippen molar-refractivity contribution in [3.8, 4) is 72.4 Å². The van der Waals surface area contributed by atoms with Gasteiger partial charge in [0.05, 0.1) is 22.1 Å². The monoisotopic (exact) mass is 952 g/mol. The summed E-state index contributed by atoms with van der Waals surface area (Å²) in [6, 6.07) is 108. The van der Waals surface area contributed by atoms with E-state index >= 15 is 0 Å². The van der Waals surface area contributed by atoms with E-state index in [1.807, 2.05) is 0 Å². The van der Waals surface area contributed by atoms with Crippen LogP contribution < -0.4 is 4.90 Å². The van der Waals surface area contributed by atoms with Crippen molar-refractivity contribution in [3.63, 3.8) is 0 Å². The zero-order valence-electron chi connectivity index (χ0n) is 41.1. The van der Waals surface area contributed by atoms with Gasteiger partial charge in [-0.15, -0.1) is 0 Å². The minimum absolute atomic E-state index is 0.451. The fourth-order valence-corrected chi connectivity index (χ4v) is 13.0. The molecule has 0 amide bonds. The van der Waals surface area contributed by atoms with Crippen LogP contribution >= 0.6 is 0 Å². The van der Waals surface area contributed by atoms with E-state index < -0.39 is 5.41 Å². The molecule has 2 aliphatic carbocycles. The lowest BCUT2D eigenvalue weighted by Crippen LogP contribution is -2.25. The Morgan fingerprint density at radius 3 is 1.44 bits per heavy atom. The quantitative estimate of drug-likeness (QED) is 0.147. The molecule has 75 heavy (non-hydrogen) atoms. The third-order valence-corrected chi connectivity index (χ3v) is 16.0. The maximum atomic E-state index is 2.53. The third-order valence-electron chi connectivity index (χ3n) is 16.0. The largest absolute Gasteiger partial charge is 0.310 e. The summed E-state index contributed by atoms with van der Waals surface area (Å²) in [5.74, 6) is 0. The number of anilines is 3. The summed E-state index contributed by atoms with van der Waals surface area (Å²) >= 11 is 0. The van der Waals surface area contributed by atoms with Gasteiger partial charge in [-0.25, -0.2) is 0 Å². The first-order valence-corrected chi connectivity index (χ1v) is 26.0. The van der Waals surface area contributed by atoms with Crippen molar-refractivity contribution in [2.75, 3.05) is 4.90 Å². The van der Waals surface area contributed by atoms with Crippen molar-refractivity contribution in [1.29, 1.82) is 0 Å². The molecule has 0 fully saturated rings. The molecule has 0 unspecified atom stereocenters. The summed E-state index contributed by atoms with van der Waals surface area (Å²) in [7, 11) is 0. The van der Waals surface area contributed by atoms with Crippen LogP contribution in [0.15, 0.2) is 291 Å². The van der Waals surface area contributed by atoms with Crippen molar-refractivity contribution in [1.82, 2.24) is 4.57 Å². The molecule has 350 valence electrons. The first kappa shape index (κ1) is 42.9. The molecule has 2 aliphatic rings. The molecule has 2 nitrogen and oxygen atoms in total. The molecule has 12 aromatic carbocycles. The molecular formula is C73H48N2. The van der Waals surface area contributed by atoms with Gasteiger partial charge in [-0.05, 0) is 138 Å². The van der Waals surface area contributed by atoms with Gasteiger partial charge < -0.3 is 9.47 Å². The van der Waals surface area contributed by atoms with Gasteiger partial charge in [-0.1, -0.05) is 237 Å². The molecule has 0 radical (unpaired) electrons. The zero-order valence-corrected chi connectivity index (χ0v) is 41.1. The van der Waals surface area contributed by atoms with Crippen LogP contribution in [0.25, 0.3) is 94.3 Å². The van der Waals surface area contributed by atoms with E-state index in [-0.39, 0.29) is 0 Å². The predicted molar refractivity (Wildman–Crippen MR) is 314 cm³/mol. The van der Waals surface area contributed by atoms with Gasteiger partial charge in [-0.3, -0.25) is 0 Å².